The van der Waals surface area contributed by atoms with Gasteiger partial charge in [-0.2, -0.15) is 0 Å². The molecule has 0 aromatic heterocycles. The predicted octanol–water partition coefficient (Wildman–Crippen LogP) is 6.61. The molecular formula is C27H27ClF2O4S. The smallest absolute Gasteiger partial charge is 0.179 e. The third-order valence-corrected chi connectivity index (χ3v) is 8.93. The zero-order chi connectivity index (χ0) is 25.1. The molecule has 3 aromatic rings. The van der Waals surface area contributed by atoms with Gasteiger partial charge in [0.05, 0.1) is 24.4 Å². The van der Waals surface area contributed by atoms with Gasteiger partial charge in [0, 0.05) is 21.9 Å². The molecule has 2 aliphatic rings. The summed E-state index contributed by atoms with van der Waals surface area (Å²) >= 11 is 5.87. The molecule has 1 saturated carbocycles. The third-order valence-electron chi connectivity index (χ3n) is 6.79. The summed E-state index contributed by atoms with van der Waals surface area (Å²) in [7, 11) is -2.07. The Morgan fingerprint density at radius 1 is 1.00 bits per heavy atom. The van der Waals surface area contributed by atoms with E-state index >= 15 is 0 Å². The van der Waals surface area contributed by atoms with Gasteiger partial charge >= 0.3 is 0 Å². The van der Waals surface area contributed by atoms with E-state index in [0.717, 1.165) is 37.1 Å². The van der Waals surface area contributed by atoms with Crippen molar-refractivity contribution in [2.24, 2.45) is 5.92 Å². The number of methoxy groups -OCH3 is 1. The number of halogens is 3. The van der Waals surface area contributed by atoms with Crippen LogP contribution >= 0.6 is 11.6 Å². The van der Waals surface area contributed by atoms with Crippen molar-refractivity contribution in [1.29, 1.82) is 0 Å². The average molecular weight is 521 g/mol. The maximum atomic E-state index is 14.8. The summed E-state index contributed by atoms with van der Waals surface area (Å²) in [5.41, 5.74) is -0.910. The molecule has 1 aliphatic heterocycles. The van der Waals surface area contributed by atoms with E-state index in [4.69, 9.17) is 21.1 Å². The highest BCUT2D eigenvalue weighted by molar-refractivity contribution is 7.91. The second-order valence-electron chi connectivity index (χ2n) is 8.87. The number of sulfone groups is 1. The molecule has 0 unspecified atom stereocenters. The maximum Gasteiger partial charge on any atom is 0.179 e. The molecule has 1 heterocycles. The zero-order valence-corrected chi connectivity index (χ0v) is 20.9. The number of hydrogen-bond donors (Lipinski definition) is 0. The molecule has 0 spiro atoms. The van der Waals surface area contributed by atoms with Crippen molar-refractivity contribution in [2.75, 3.05) is 19.5 Å². The van der Waals surface area contributed by atoms with Gasteiger partial charge in [-0.05, 0) is 61.4 Å². The number of benzene rings is 3. The molecule has 0 amide bonds. The van der Waals surface area contributed by atoms with Crippen molar-refractivity contribution in [2.45, 2.75) is 36.0 Å². The standard InChI is InChI=1S/C20H19ClF2O3S.C7H8O/c21-14-4-6-15(7-5-14)27(24,25)12-20-10-2-1-3-13(20)11-26-19-17(23)9-8-16(22)18(19)20;1-8-7-5-3-2-4-6-7/h4-9,13H,1-3,10-12H2;2-6H,1H3/t13-,20+;/m1./s1. The molecular weight excluding hydrogens is 494 g/mol. The highest BCUT2D eigenvalue weighted by Crippen LogP contribution is 2.52. The Bertz CT molecular complexity index is 1270. The highest BCUT2D eigenvalue weighted by Gasteiger charge is 2.51. The quantitative estimate of drug-likeness (QED) is 0.388. The van der Waals surface area contributed by atoms with Gasteiger partial charge in [-0.1, -0.05) is 42.6 Å². The Morgan fingerprint density at radius 2 is 1.69 bits per heavy atom. The molecule has 5 rings (SSSR count). The second kappa shape index (κ2) is 10.5. The molecule has 35 heavy (non-hydrogen) atoms. The summed E-state index contributed by atoms with van der Waals surface area (Å²) in [6.45, 7) is 0.198. The molecule has 4 nitrogen and oxygen atoms in total. The zero-order valence-electron chi connectivity index (χ0n) is 19.3. The van der Waals surface area contributed by atoms with Crippen molar-refractivity contribution in [1.82, 2.24) is 0 Å². The first-order valence-electron chi connectivity index (χ1n) is 11.5. The summed E-state index contributed by atoms with van der Waals surface area (Å²) in [5.74, 6) is -0.935. The van der Waals surface area contributed by atoms with Crippen molar-refractivity contribution in [3.05, 3.63) is 89.0 Å². The fourth-order valence-corrected chi connectivity index (χ4v) is 7.13. The number of rotatable bonds is 4. The van der Waals surface area contributed by atoms with Crippen LogP contribution in [0.4, 0.5) is 8.78 Å². The Morgan fingerprint density at radius 3 is 2.34 bits per heavy atom. The van der Waals surface area contributed by atoms with Crippen molar-refractivity contribution >= 4 is 21.4 Å². The predicted molar refractivity (Wildman–Crippen MR) is 132 cm³/mol. The van der Waals surface area contributed by atoms with Gasteiger partial charge in [0.25, 0.3) is 0 Å². The van der Waals surface area contributed by atoms with E-state index in [-0.39, 0.29) is 34.5 Å². The van der Waals surface area contributed by atoms with Gasteiger partial charge in [-0.3, -0.25) is 0 Å². The van der Waals surface area contributed by atoms with Crippen LogP contribution < -0.4 is 9.47 Å². The minimum absolute atomic E-state index is 0.0796. The third kappa shape index (κ3) is 5.31. The molecule has 3 aromatic carbocycles. The normalized spacial score (nSPS) is 21.0. The average Bonchev–Trinajstić information content (AvgIpc) is 2.86. The van der Waals surface area contributed by atoms with E-state index in [1.54, 1.807) is 7.11 Å². The lowest BCUT2D eigenvalue weighted by Gasteiger charge is -2.47. The van der Waals surface area contributed by atoms with Crippen LogP contribution in [0.25, 0.3) is 0 Å². The molecule has 0 bridgehead atoms. The van der Waals surface area contributed by atoms with Gasteiger partial charge in [0.15, 0.2) is 21.4 Å². The van der Waals surface area contributed by atoms with E-state index in [1.807, 2.05) is 30.3 Å². The lowest BCUT2D eigenvalue weighted by atomic mass is 9.62. The van der Waals surface area contributed by atoms with Crippen molar-refractivity contribution in [3.63, 3.8) is 0 Å². The Hall–Kier alpha value is -2.64. The minimum Gasteiger partial charge on any atom is -0.497 e. The van der Waals surface area contributed by atoms with Gasteiger partial charge in [-0.15, -0.1) is 0 Å². The number of ether oxygens (including phenoxy) is 2. The number of fused-ring (bicyclic) bond motifs is 3. The van der Waals surface area contributed by atoms with Crippen LogP contribution in [-0.2, 0) is 15.3 Å². The fourth-order valence-electron chi connectivity index (χ4n) is 5.09. The maximum absolute atomic E-state index is 14.8. The molecule has 1 fully saturated rings. The van der Waals surface area contributed by atoms with Crippen molar-refractivity contribution in [3.8, 4) is 11.5 Å². The van der Waals surface area contributed by atoms with Crippen molar-refractivity contribution < 1.29 is 26.7 Å². The summed E-state index contributed by atoms with van der Waals surface area (Å²) in [4.78, 5) is 0.135. The van der Waals surface area contributed by atoms with Crippen LogP contribution in [0.15, 0.2) is 71.6 Å². The molecule has 1 aliphatic carbocycles. The highest BCUT2D eigenvalue weighted by atomic mass is 35.5. The summed E-state index contributed by atoms with van der Waals surface area (Å²) in [6.07, 6.45) is 2.90. The van der Waals surface area contributed by atoms with E-state index in [9.17, 15) is 17.2 Å². The summed E-state index contributed by atoms with van der Waals surface area (Å²) in [6, 6.07) is 17.7. The Balaban J connectivity index is 0.000000308. The molecule has 8 heteroatoms. The summed E-state index contributed by atoms with van der Waals surface area (Å²) in [5, 5.41) is 0.437. The van der Waals surface area contributed by atoms with E-state index in [2.05, 4.69) is 0 Å². The lowest BCUT2D eigenvalue weighted by molar-refractivity contribution is 0.0924. The van der Waals surface area contributed by atoms with E-state index in [1.165, 1.54) is 24.3 Å². The topological polar surface area (TPSA) is 52.6 Å². The first-order valence-corrected chi connectivity index (χ1v) is 13.5. The summed E-state index contributed by atoms with van der Waals surface area (Å²) < 4.78 is 66.0. The van der Waals surface area contributed by atoms with Gasteiger partial charge in [0.1, 0.15) is 11.6 Å². The van der Waals surface area contributed by atoms with Crippen LogP contribution in [0.1, 0.15) is 31.2 Å². The van der Waals surface area contributed by atoms with Crippen LogP contribution in [0.5, 0.6) is 11.5 Å². The van der Waals surface area contributed by atoms with Crippen LogP contribution in [0.2, 0.25) is 5.02 Å². The Labute approximate surface area is 209 Å². The van der Waals surface area contributed by atoms with Crippen LogP contribution in [0.3, 0.4) is 0 Å². The van der Waals surface area contributed by atoms with Gasteiger partial charge in [-0.25, -0.2) is 17.2 Å². The number of hydrogen-bond acceptors (Lipinski definition) is 4. The SMILES string of the molecule is COc1ccccc1.O=S(=O)(C[C@@]12CCCC[C@@H]1COc1c(F)ccc(F)c12)c1ccc(Cl)cc1. The van der Waals surface area contributed by atoms with Crippen LogP contribution in [0, 0.1) is 17.6 Å². The molecule has 2 atom stereocenters. The molecule has 0 N–H and O–H groups in total. The second-order valence-corrected chi connectivity index (χ2v) is 11.3. The first-order chi connectivity index (χ1) is 16.8. The van der Waals surface area contributed by atoms with Crippen LogP contribution in [-0.4, -0.2) is 27.9 Å². The fraction of sp³-hybridized carbons (Fsp3) is 0.333. The lowest BCUT2D eigenvalue weighted by Crippen LogP contribution is -2.49. The molecule has 0 saturated heterocycles. The van der Waals surface area contributed by atoms with Gasteiger partial charge < -0.3 is 9.47 Å². The largest absolute Gasteiger partial charge is 0.497 e. The molecule has 0 radical (unpaired) electrons. The van der Waals surface area contributed by atoms with Gasteiger partial charge in [0.2, 0.25) is 0 Å². The monoisotopic (exact) mass is 520 g/mol. The number of para-hydroxylation sites is 1. The minimum atomic E-state index is -3.73. The van der Waals surface area contributed by atoms with E-state index in [0.29, 0.717) is 11.4 Å². The molecule has 186 valence electrons. The van der Waals surface area contributed by atoms with E-state index < -0.39 is 26.9 Å². The first kappa shape index (κ1) is 25.5. The Kier molecular flexibility index (Phi) is 7.67.